The van der Waals surface area contributed by atoms with Crippen LogP contribution in [0.2, 0.25) is 0 Å². The van der Waals surface area contributed by atoms with Crippen molar-refractivity contribution in [1.29, 1.82) is 0 Å². The monoisotopic (exact) mass is 286 g/mol. The summed E-state index contributed by atoms with van der Waals surface area (Å²) in [6, 6.07) is 0. The normalized spacial score (nSPS) is 19.9. The molecule has 1 unspecified atom stereocenters. The van der Waals surface area contributed by atoms with Crippen molar-refractivity contribution in [2.45, 2.75) is 26.0 Å². The van der Waals surface area contributed by atoms with Crippen molar-refractivity contribution in [3.8, 4) is 0 Å². The number of nitrogens with zero attached hydrogens (tertiary/aromatic N) is 3. The lowest BCUT2D eigenvalue weighted by Gasteiger charge is -2.37. The molecule has 0 aliphatic carbocycles. The Bertz CT molecular complexity index is 273. The number of guanidine groups is 1. The molecule has 4 nitrogen and oxygen atoms in total. The summed E-state index contributed by atoms with van der Waals surface area (Å²) in [5.41, 5.74) is 0. The van der Waals surface area contributed by atoms with E-state index in [1.165, 1.54) is 6.54 Å². The fourth-order valence-electron chi connectivity index (χ4n) is 2.31. The molecule has 1 aliphatic rings. The predicted molar refractivity (Wildman–Crippen MR) is 87.2 cm³/mol. The lowest BCUT2D eigenvalue weighted by atomic mass is 10.2. The van der Waals surface area contributed by atoms with E-state index >= 15 is 0 Å². The van der Waals surface area contributed by atoms with Crippen LogP contribution in [0.1, 0.15) is 20.8 Å². The Morgan fingerprint density at radius 2 is 1.84 bits per heavy atom. The SMILES string of the molecule is CN=C(NCC(C)SC)N1CCN(CC(C)C)CC1. The number of piperazine rings is 1. The highest BCUT2D eigenvalue weighted by Gasteiger charge is 2.19. The lowest BCUT2D eigenvalue weighted by Crippen LogP contribution is -2.53. The first-order chi connectivity index (χ1) is 9.06. The fraction of sp³-hybridized carbons (Fsp3) is 0.929. The molecular weight excluding hydrogens is 256 g/mol. The molecule has 1 fully saturated rings. The molecule has 0 amide bonds. The van der Waals surface area contributed by atoms with Gasteiger partial charge in [-0.1, -0.05) is 20.8 Å². The van der Waals surface area contributed by atoms with Crippen LogP contribution in [0, 0.1) is 5.92 Å². The average Bonchev–Trinajstić information content (AvgIpc) is 2.40. The highest BCUT2D eigenvalue weighted by Crippen LogP contribution is 2.07. The lowest BCUT2D eigenvalue weighted by molar-refractivity contribution is 0.164. The molecule has 1 saturated heterocycles. The van der Waals surface area contributed by atoms with Gasteiger partial charge in [0, 0.05) is 51.6 Å². The molecule has 0 spiro atoms. The van der Waals surface area contributed by atoms with E-state index in [2.05, 4.69) is 47.1 Å². The largest absolute Gasteiger partial charge is 0.355 e. The van der Waals surface area contributed by atoms with E-state index in [-0.39, 0.29) is 0 Å². The molecule has 0 bridgehead atoms. The zero-order valence-corrected chi connectivity index (χ0v) is 14.0. The second-order valence-corrected chi connectivity index (χ2v) is 6.93. The Labute approximate surface area is 123 Å². The van der Waals surface area contributed by atoms with E-state index < -0.39 is 0 Å². The van der Waals surface area contributed by atoms with Crippen molar-refractivity contribution < 1.29 is 0 Å². The van der Waals surface area contributed by atoms with E-state index in [9.17, 15) is 0 Å². The number of nitrogens with one attached hydrogen (secondary N) is 1. The standard InChI is InChI=1S/C14H30N4S/c1-12(2)11-17-6-8-18(9-7-17)14(15-4)16-10-13(3)19-5/h12-13H,6-11H2,1-5H3,(H,15,16). The summed E-state index contributed by atoms with van der Waals surface area (Å²) in [5.74, 6) is 1.82. The molecule has 1 heterocycles. The smallest absolute Gasteiger partial charge is 0.193 e. The average molecular weight is 286 g/mol. The molecular formula is C14H30N4S. The van der Waals surface area contributed by atoms with Gasteiger partial charge in [-0.15, -0.1) is 0 Å². The molecule has 1 atom stereocenters. The maximum Gasteiger partial charge on any atom is 0.193 e. The van der Waals surface area contributed by atoms with Crippen LogP contribution in [0.25, 0.3) is 0 Å². The topological polar surface area (TPSA) is 30.9 Å². The van der Waals surface area contributed by atoms with Crippen molar-refractivity contribution in [2.75, 3.05) is 52.6 Å². The summed E-state index contributed by atoms with van der Waals surface area (Å²) in [5, 5.41) is 4.11. The van der Waals surface area contributed by atoms with Gasteiger partial charge in [0.05, 0.1) is 0 Å². The first kappa shape index (κ1) is 16.6. The molecule has 0 saturated carbocycles. The number of hydrogen-bond acceptors (Lipinski definition) is 3. The van der Waals surface area contributed by atoms with Crippen molar-refractivity contribution >= 4 is 17.7 Å². The van der Waals surface area contributed by atoms with Gasteiger partial charge in [-0.3, -0.25) is 9.89 Å². The van der Waals surface area contributed by atoms with Crippen molar-refractivity contribution in [1.82, 2.24) is 15.1 Å². The van der Waals surface area contributed by atoms with Gasteiger partial charge in [0.2, 0.25) is 0 Å². The fourth-order valence-corrected chi connectivity index (χ4v) is 2.56. The minimum atomic E-state index is 0.624. The Morgan fingerprint density at radius 3 is 2.32 bits per heavy atom. The number of rotatable bonds is 5. The Morgan fingerprint density at radius 1 is 1.21 bits per heavy atom. The molecule has 0 aromatic heterocycles. The molecule has 0 aromatic rings. The first-order valence-corrected chi connectivity index (χ1v) is 8.56. The van der Waals surface area contributed by atoms with E-state index in [0.29, 0.717) is 5.25 Å². The summed E-state index contributed by atoms with van der Waals surface area (Å²) in [6.45, 7) is 13.5. The third-order valence-corrected chi connectivity index (χ3v) is 4.43. The van der Waals surface area contributed by atoms with Crippen LogP contribution < -0.4 is 5.32 Å². The van der Waals surface area contributed by atoms with E-state index in [1.54, 1.807) is 0 Å². The third-order valence-electron chi connectivity index (χ3n) is 3.46. The second kappa shape index (κ2) is 8.69. The van der Waals surface area contributed by atoms with Crippen LogP contribution in [-0.2, 0) is 0 Å². The zero-order chi connectivity index (χ0) is 14.3. The highest BCUT2D eigenvalue weighted by molar-refractivity contribution is 7.99. The summed E-state index contributed by atoms with van der Waals surface area (Å²) >= 11 is 1.89. The molecule has 112 valence electrons. The number of aliphatic imine (C=N–C) groups is 1. The van der Waals surface area contributed by atoms with Gasteiger partial charge in [0.25, 0.3) is 0 Å². The van der Waals surface area contributed by atoms with Gasteiger partial charge >= 0.3 is 0 Å². The summed E-state index contributed by atoms with van der Waals surface area (Å²) < 4.78 is 0. The number of hydrogen-bond donors (Lipinski definition) is 1. The Kier molecular flexibility index (Phi) is 7.61. The van der Waals surface area contributed by atoms with Crippen LogP contribution in [0.15, 0.2) is 4.99 Å². The van der Waals surface area contributed by atoms with Crippen LogP contribution in [0.5, 0.6) is 0 Å². The van der Waals surface area contributed by atoms with Gasteiger partial charge in [-0.25, -0.2) is 0 Å². The molecule has 1 N–H and O–H groups in total. The van der Waals surface area contributed by atoms with Gasteiger partial charge in [-0.2, -0.15) is 11.8 Å². The van der Waals surface area contributed by atoms with Crippen molar-refractivity contribution in [3.63, 3.8) is 0 Å². The third kappa shape index (κ3) is 6.04. The van der Waals surface area contributed by atoms with Crippen LogP contribution in [-0.4, -0.2) is 73.6 Å². The maximum absolute atomic E-state index is 4.41. The van der Waals surface area contributed by atoms with E-state index in [0.717, 1.165) is 44.6 Å². The minimum Gasteiger partial charge on any atom is -0.355 e. The van der Waals surface area contributed by atoms with E-state index in [4.69, 9.17) is 0 Å². The molecule has 0 aromatic carbocycles. The first-order valence-electron chi connectivity index (χ1n) is 7.27. The van der Waals surface area contributed by atoms with Crippen LogP contribution in [0.4, 0.5) is 0 Å². The molecule has 1 rings (SSSR count). The zero-order valence-electron chi connectivity index (χ0n) is 13.1. The molecule has 0 radical (unpaired) electrons. The quantitative estimate of drug-likeness (QED) is 0.614. The highest BCUT2D eigenvalue weighted by atomic mass is 32.2. The minimum absolute atomic E-state index is 0.624. The summed E-state index contributed by atoms with van der Waals surface area (Å²) in [6.07, 6.45) is 2.15. The van der Waals surface area contributed by atoms with Gasteiger partial charge in [0.15, 0.2) is 5.96 Å². The summed E-state index contributed by atoms with van der Waals surface area (Å²) in [4.78, 5) is 9.34. The van der Waals surface area contributed by atoms with Crippen molar-refractivity contribution in [3.05, 3.63) is 0 Å². The van der Waals surface area contributed by atoms with E-state index in [1.807, 2.05) is 18.8 Å². The maximum atomic E-state index is 4.41. The van der Waals surface area contributed by atoms with Gasteiger partial charge < -0.3 is 10.2 Å². The van der Waals surface area contributed by atoms with Crippen LogP contribution >= 0.6 is 11.8 Å². The molecule has 19 heavy (non-hydrogen) atoms. The Balaban J connectivity index is 2.35. The second-order valence-electron chi connectivity index (χ2n) is 5.66. The van der Waals surface area contributed by atoms with Gasteiger partial charge in [-0.05, 0) is 12.2 Å². The predicted octanol–water partition coefficient (Wildman–Crippen LogP) is 1.59. The number of thioether (sulfide) groups is 1. The van der Waals surface area contributed by atoms with Crippen LogP contribution in [0.3, 0.4) is 0 Å². The Hall–Kier alpha value is -0.420. The molecule has 1 aliphatic heterocycles. The van der Waals surface area contributed by atoms with Gasteiger partial charge in [0.1, 0.15) is 0 Å². The van der Waals surface area contributed by atoms with Crippen molar-refractivity contribution in [2.24, 2.45) is 10.9 Å². The summed E-state index contributed by atoms with van der Waals surface area (Å²) in [7, 11) is 1.88. The molecule has 5 heteroatoms.